The van der Waals surface area contributed by atoms with Crippen molar-refractivity contribution in [1.29, 1.82) is 0 Å². The first-order valence-corrected chi connectivity index (χ1v) is 7.60. The van der Waals surface area contributed by atoms with Gasteiger partial charge in [-0.2, -0.15) is 0 Å². The van der Waals surface area contributed by atoms with Gasteiger partial charge in [-0.25, -0.2) is 4.39 Å². The summed E-state index contributed by atoms with van der Waals surface area (Å²) in [5.41, 5.74) is 0.0892. The zero-order valence-electron chi connectivity index (χ0n) is 10.7. The molecule has 1 aliphatic rings. The lowest BCUT2D eigenvalue weighted by molar-refractivity contribution is 0.0695. The van der Waals surface area contributed by atoms with E-state index in [4.69, 9.17) is 11.6 Å². The second-order valence-electron chi connectivity index (χ2n) is 4.91. The van der Waals surface area contributed by atoms with E-state index >= 15 is 0 Å². The predicted molar refractivity (Wildman–Crippen MR) is 78.1 cm³/mol. The molecule has 1 aromatic rings. The van der Waals surface area contributed by atoms with Crippen molar-refractivity contribution < 1.29 is 9.18 Å². The maximum absolute atomic E-state index is 13.7. The highest BCUT2D eigenvalue weighted by Crippen LogP contribution is 2.28. The van der Waals surface area contributed by atoms with E-state index in [9.17, 15) is 9.18 Å². The fourth-order valence-corrected chi connectivity index (χ4v) is 3.31. The van der Waals surface area contributed by atoms with Crippen LogP contribution >= 0.6 is 27.5 Å². The van der Waals surface area contributed by atoms with E-state index in [1.807, 2.05) is 0 Å². The van der Waals surface area contributed by atoms with E-state index in [2.05, 4.69) is 15.9 Å². The molecular weight excluding hydrogens is 333 g/mol. The number of halogens is 3. The molecule has 0 heterocycles. The minimum Gasteiger partial charge on any atom is -0.337 e. The molecular formula is C14H16BrClFNO. The Kier molecular flexibility index (Phi) is 4.85. The van der Waals surface area contributed by atoms with Gasteiger partial charge in [0.2, 0.25) is 0 Å². The molecule has 2 nitrogen and oxygen atoms in total. The van der Waals surface area contributed by atoms with Crippen molar-refractivity contribution in [3.05, 3.63) is 34.1 Å². The van der Waals surface area contributed by atoms with E-state index in [-0.39, 0.29) is 22.9 Å². The number of hydrogen-bond donors (Lipinski definition) is 0. The summed E-state index contributed by atoms with van der Waals surface area (Å²) in [6.45, 7) is 0. The van der Waals surface area contributed by atoms with E-state index in [0.29, 0.717) is 4.47 Å². The van der Waals surface area contributed by atoms with Crippen LogP contribution in [-0.4, -0.2) is 29.3 Å². The molecule has 1 fully saturated rings. The smallest absolute Gasteiger partial charge is 0.256 e. The van der Waals surface area contributed by atoms with Gasteiger partial charge in [0, 0.05) is 17.6 Å². The van der Waals surface area contributed by atoms with Crippen LogP contribution in [0.5, 0.6) is 0 Å². The van der Waals surface area contributed by atoms with Crippen molar-refractivity contribution in [3.8, 4) is 0 Å². The minimum absolute atomic E-state index is 0.0127. The van der Waals surface area contributed by atoms with Gasteiger partial charge < -0.3 is 4.90 Å². The second-order valence-corrected chi connectivity index (χ2v) is 6.38. The normalized spacial score (nSPS) is 23.2. The van der Waals surface area contributed by atoms with Crippen molar-refractivity contribution in [3.63, 3.8) is 0 Å². The molecule has 0 aromatic heterocycles. The van der Waals surface area contributed by atoms with Crippen LogP contribution in [0.3, 0.4) is 0 Å². The predicted octanol–water partition coefficient (Wildman–Crippen LogP) is 4.21. The number of hydrogen-bond acceptors (Lipinski definition) is 1. The Labute approximate surface area is 126 Å². The summed E-state index contributed by atoms with van der Waals surface area (Å²) >= 11 is 9.54. The first kappa shape index (κ1) is 14.8. The summed E-state index contributed by atoms with van der Waals surface area (Å²) in [6.07, 6.45) is 3.95. The first-order chi connectivity index (χ1) is 9.00. The molecule has 0 radical (unpaired) electrons. The number of amides is 1. The molecule has 1 aliphatic carbocycles. The topological polar surface area (TPSA) is 20.3 Å². The molecule has 104 valence electrons. The zero-order chi connectivity index (χ0) is 14.0. The molecule has 1 saturated carbocycles. The fraction of sp³-hybridized carbons (Fsp3) is 0.500. The molecule has 0 saturated heterocycles. The summed E-state index contributed by atoms with van der Waals surface area (Å²) < 4.78 is 14.4. The highest BCUT2D eigenvalue weighted by molar-refractivity contribution is 9.10. The maximum Gasteiger partial charge on any atom is 0.256 e. The molecule has 1 aromatic carbocycles. The lowest BCUT2D eigenvalue weighted by atomic mass is 9.93. The minimum atomic E-state index is -0.498. The summed E-state index contributed by atoms with van der Waals surface area (Å²) in [7, 11) is 1.70. The number of carbonyl (C=O) groups excluding carboxylic acids is 1. The Bertz CT molecular complexity index is 483. The number of rotatable bonds is 2. The molecule has 19 heavy (non-hydrogen) atoms. The van der Waals surface area contributed by atoms with Gasteiger partial charge in [0.05, 0.1) is 10.9 Å². The molecule has 2 atom stereocenters. The zero-order valence-corrected chi connectivity index (χ0v) is 13.0. The van der Waals surface area contributed by atoms with Crippen LogP contribution in [0.1, 0.15) is 36.0 Å². The van der Waals surface area contributed by atoms with Gasteiger partial charge >= 0.3 is 0 Å². The van der Waals surface area contributed by atoms with Gasteiger partial charge in [-0.1, -0.05) is 28.8 Å². The van der Waals surface area contributed by atoms with Crippen LogP contribution in [-0.2, 0) is 0 Å². The average Bonchev–Trinajstić information content (AvgIpc) is 2.40. The Balaban J connectivity index is 2.20. The van der Waals surface area contributed by atoms with E-state index in [1.165, 1.54) is 12.1 Å². The number of alkyl halides is 1. The first-order valence-electron chi connectivity index (χ1n) is 6.37. The van der Waals surface area contributed by atoms with E-state index in [0.717, 1.165) is 25.7 Å². The SMILES string of the molecule is CN(C(=O)c1cc(Br)ccc1F)C1CCCCC1Cl. The quantitative estimate of drug-likeness (QED) is 0.733. The Morgan fingerprint density at radius 2 is 2.11 bits per heavy atom. The molecule has 0 spiro atoms. The van der Waals surface area contributed by atoms with Gasteiger partial charge in [0.1, 0.15) is 5.82 Å². The van der Waals surface area contributed by atoms with E-state index < -0.39 is 5.82 Å². The van der Waals surface area contributed by atoms with Gasteiger partial charge in [-0.15, -0.1) is 11.6 Å². The third-order valence-electron chi connectivity index (χ3n) is 3.62. The summed E-state index contributed by atoms with van der Waals surface area (Å²) in [5, 5.41) is -0.0436. The van der Waals surface area contributed by atoms with E-state index in [1.54, 1.807) is 18.0 Å². The molecule has 0 aliphatic heterocycles. The fourth-order valence-electron chi connectivity index (χ4n) is 2.50. The molecule has 5 heteroatoms. The maximum atomic E-state index is 13.7. The molecule has 2 rings (SSSR count). The Morgan fingerprint density at radius 3 is 2.79 bits per heavy atom. The van der Waals surface area contributed by atoms with Gasteiger partial charge in [-0.05, 0) is 31.0 Å². The average molecular weight is 349 g/mol. The number of nitrogens with zero attached hydrogens (tertiary/aromatic N) is 1. The number of carbonyl (C=O) groups is 1. The lowest BCUT2D eigenvalue weighted by Gasteiger charge is -2.35. The standard InChI is InChI=1S/C14H16BrClFNO/c1-18(13-5-3-2-4-11(13)16)14(19)10-8-9(15)6-7-12(10)17/h6-8,11,13H,2-5H2,1H3. The molecule has 0 bridgehead atoms. The van der Waals surface area contributed by atoms with Crippen LogP contribution < -0.4 is 0 Å². The van der Waals surface area contributed by atoms with Crippen LogP contribution in [0, 0.1) is 5.82 Å². The van der Waals surface area contributed by atoms with Crippen molar-refractivity contribution in [2.45, 2.75) is 37.1 Å². The molecule has 2 unspecified atom stereocenters. The van der Waals surface area contributed by atoms with Gasteiger partial charge in [-0.3, -0.25) is 4.79 Å². The summed E-state index contributed by atoms with van der Waals surface area (Å²) in [6, 6.07) is 4.38. The summed E-state index contributed by atoms with van der Waals surface area (Å²) in [4.78, 5) is 14.0. The Hall–Kier alpha value is -0.610. The van der Waals surface area contributed by atoms with Crippen LogP contribution in [0.4, 0.5) is 4.39 Å². The van der Waals surface area contributed by atoms with Crippen LogP contribution in [0.15, 0.2) is 22.7 Å². The lowest BCUT2D eigenvalue weighted by Crippen LogP contribution is -2.44. The highest BCUT2D eigenvalue weighted by Gasteiger charge is 2.30. The van der Waals surface area contributed by atoms with Crippen LogP contribution in [0.2, 0.25) is 0 Å². The van der Waals surface area contributed by atoms with Gasteiger partial charge in [0.15, 0.2) is 0 Å². The second kappa shape index (κ2) is 6.23. The molecule has 1 amide bonds. The van der Waals surface area contributed by atoms with Crippen molar-refractivity contribution >= 4 is 33.4 Å². The third-order valence-corrected chi connectivity index (χ3v) is 4.63. The van der Waals surface area contributed by atoms with Gasteiger partial charge in [0.25, 0.3) is 5.91 Å². The third kappa shape index (κ3) is 3.29. The largest absolute Gasteiger partial charge is 0.337 e. The van der Waals surface area contributed by atoms with Crippen LogP contribution in [0.25, 0.3) is 0 Å². The van der Waals surface area contributed by atoms with Crippen molar-refractivity contribution in [2.24, 2.45) is 0 Å². The highest BCUT2D eigenvalue weighted by atomic mass is 79.9. The summed E-state index contributed by atoms with van der Waals surface area (Å²) in [5.74, 6) is -0.807. The van der Waals surface area contributed by atoms with Crippen molar-refractivity contribution in [1.82, 2.24) is 4.90 Å². The monoisotopic (exact) mass is 347 g/mol. The van der Waals surface area contributed by atoms with Crippen molar-refractivity contribution in [2.75, 3.05) is 7.05 Å². The Morgan fingerprint density at radius 1 is 1.42 bits per heavy atom. The number of benzene rings is 1. The molecule has 0 N–H and O–H groups in total.